The number of rotatable bonds is 5. The number of aryl methyl sites for hydroxylation is 1. The third kappa shape index (κ3) is 5.16. The molecule has 29 heavy (non-hydrogen) atoms. The van der Waals surface area contributed by atoms with E-state index < -0.39 is 23.9 Å². The average molecular weight is 404 g/mol. The minimum absolute atomic E-state index is 0.0949. The molecule has 2 N–H and O–H groups in total. The van der Waals surface area contributed by atoms with Gasteiger partial charge in [0, 0.05) is 11.3 Å². The number of alkyl halides is 3. The van der Waals surface area contributed by atoms with E-state index >= 15 is 0 Å². The quantitative estimate of drug-likeness (QED) is 0.628. The van der Waals surface area contributed by atoms with Crippen LogP contribution in [0.15, 0.2) is 65.3 Å². The summed E-state index contributed by atoms with van der Waals surface area (Å²) in [5, 5.41) is 5.01. The number of para-hydroxylation sites is 2. The zero-order valence-corrected chi connectivity index (χ0v) is 15.0. The highest BCUT2D eigenvalue weighted by molar-refractivity contribution is 6.07. The molecule has 150 valence electrons. The molecule has 2 aromatic carbocycles. The first kappa shape index (κ1) is 20.0. The molecular weight excluding hydrogens is 389 g/mol. The van der Waals surface area contributed by atoms with E-state index in [1.54, 1.807) is 19.1 Å². The molecule has 0 radical (unpaired) electrons. The number of benzene rings is 2. The van der Waals surface area contributed by atoms with Gasteiger partial charge in [0.15, 0.2) is 11.5 Å². The summed E-state index contributed by atoms with van der Waals surface area (Å²) in [7, 11) is 0. The second-order valence-electron chi connectivity index (χ2n) is 5.96. The number of anilines is 2. The summed E-state index contributed by atoms with van der Waals surface area (Å²) < 4.78 is 46.5. The number of halogens is 3. The van der Waals surface area contributed by atoms with Gasteiger partial charge in [-0.15, -0.1) is 13.2 Å². The van der Waals surface area contributed by atoms with Crippen LogP contribution in [0.3, 0.4) is 0 Å². The molecule has 0 spiro atoms. The Hall–Kier alpha value is -3.75. The molecule has 0 aliphatic rings. The number of ether oxygens (including phenoxy) is 1. The lowest BCUT2D eigenvalue weighted by atomic mass is 10.1. The first-order valence-corrected chi connectivity index (χ1v) is 8.34. The van der Waals surface area contributed by atoms with Crippen molar-refractivity contribution in [1.29, 1.82) is 0 Å². The minimum Gasteiger partial charge on any atom is -0.459 e. The maximum atomic E-state index is 12.5. The Morgan fingerprint density at radius 1 is 0.931 bits per heavy atom. The smallest absolute Gasteiger partial charge is 0.459 e. The first-order chi connectivity index (χ1) is 13.7. The zero-order chi connectivity index (χ0) is 21.0. The number of nitrogens with one attached hydrogen (secondary N) is 2. The van der Waals surface area contributed by atoms with Crippen molar-refractivity contribution in [2.45, 2.75) is 13.3 Å². The fraction of sp³-hybridized carbons (Fsp3) is 0.100. The molecule has 0 aliphatic heterocycles. The van der Waals surface area contributed by atoms with Crippen LogP contribution in [0.2, 0.25) is 0 Å². The molecule has 0 aliphatic carbocycles. The van der Waals surface area contributed by atoms with Gasteiger partial charge in [-0.2, -0.15) is 0 Å². The number of furan rings is 1. The van der Waals surface area contributed by atoms with Crippen LogP contribution in [-0.2, 0) is 0 Å². The van der Waals surface area contributed by atoms with Crippen molar-refractivity contribution in [3.05, 3.63) is 77.7 Å². The van der Waals surface area contributed by atoms with Crippen molar-refractivity contribution >= 4 is 23.2 Å². The Morgan fingerprint density at radius 2 is 1.66 bits per heavy atom. The van der Waals surface area contributed by atoms with Crippen LogP contribution in [0.1, 0.15) is 26.5 Å². The van der Waals surface area contributed by atoms with E-state index in [-0.39, 0.29) is 17.0 Å². The van der Waals surface area contributed by atoms with E-state index in [4.69, 9.17) is 4.42 Å². The molecule has 9 heteroatoms. The maximum Gasteiger partial charge on any atom is 0.573 e. The second-order valence-corrected chi connectivity index (χ2v) is 5.96. The summed E-state index contributed by atoms with van der Waals surface area (Å²) in [4.78, 5) is 24.7. The number of hydrogen-bond acceptors (Lipinski definition) is 4. The zero-order valence-electron chi connectivity index (χ0n) is 15.0. The molecular formula is C20H15F3N2O4. The summed E-state index contributed by atoms with van der Waals surface area (Å²) >= 11 is 0. The lowest BCUT2D eigenvalue weighted by Crippen LogP contribution is -2.20. The number of amides is 2. The van der Waals surface area contributed by atoms with Crippen LogP contribution in [0, 0.1) is 6.92 Å². The van der Waals surface area contributed by atoms with Gasteiger partial charge >= 0.3 is 6.36 Å². The molecule has 0 saturated heterocycles. The van der Waals surface area contributed by atoms with Crippen molar-refractivity contribution in [1.82, 2.24) is 0 Å². The molecule has 0 fully saturated rings. The van der Waals surface area contributed by atoms with Crippen LogP contribution in [-0.4, -0.2) is 18.2 Å². The lowest BCUT2D eigenvalue weighted by molar-refractivity contribution is -0.274. The third-order valence-electron chi connectivity index (χ3n) is 3.85. The number of carbonyl (C=O) groups is 2. The van der Waals surface area contributed by atoms with E-state index in [0.29, 0.717) is 11.3 Å². The fourth-order valence-corrected chi connectivity index (χ4v) is 2.47. The molecule has 3 rings (SSSR count). The summed E-state index contributed by atoms with van der Waals surface area (Å²) in [6.45, 7) is 1.73. The Morgan fingerprint density at radius 3 is 2.34 bits per heavy atom. The Balaban J connectivity index is 1.79. The predicted molar refractivity (Wildman–Crippen MR) is 98.9 cm³/mol. The first-order valence-electron chi connectivity index (χ1n) is 8.34. The highest BCUT2D eigenvalue weighted by Gasteiger charge is 2.32. The molecule has 0 unspecified atom stereocenters. The van der Waals surface area contributed by atoms with Gasteiger partial charge in [-0.05, 0) is 48.9 Å². The van der Waals surface area contributed by atoms with Gasteiger partial charge in [0.25, 0.3) is 11.8 Å². The summed E-state index contributed by atoms with van der Waals surface area (Å²) in [6.07, 6.45) is -3.54. The van der Waals surface area contributed by atoms with Crippen molar-refractivity contribution < 1.29 is 31.9 Å². The SMILES string of the molecule is Cc1ccc(C(=O)Nc2ccccc2OC(F)(F)F)cc1NC(=O)c1ccco1. The van der Waals surface area contributed by atoms with E-state index in [2.05, 4.69) is 15.4 Å². The van der Waals surface area contributed by atoms with E-state index in [0.717, 1.165) is 6.07 Å². The molecule has 0 saturated carbocycles. The summed E-state index contributed by atoms with van der Waals surface area (Å²) in [6, 6.07) is 12.7. The van der Waals surface area contributed by atoms with Gasteiger partial charge in [-0.25, -0.2) is 0 Å². The summed E-state index contributed by atoms with van der Waals surface area (Å²) in [5.41, 5.74) is 1.03. The van der Waals surface area contributed by atoms with Crippen molar-refractivity contribution in [3.63, 3.8) is 0 Å². The van der Waals surface area contributed by atoms with Gasteiger partial charge in [0.1, 0.15) is 0 Å². The van der Waals surface area contributed by atoms with Crippen molar-refractivity contribution in [2.24, 2.45) is 0 Å². The topological polar surface area (TPSA) is 80.6 Å². The largest absolute Gasteiger partial charge is 0.573 e. The van der Waals surface area contributed by atoms with Gasteiger partial charge in [0.05, 0.1) is 12.0 Å². The van der Waals surface area contributed by atoms with Crippen LogP contribution in [0.5, 0.6) is 5.75 Å². The predicted octanol–water partition coefficient (Wildman–Crippen LogP) is 4.99. The fourth-order valence-electron chi connectivity index (χ4n) is 2.47. The van der Waals surface area contributed by atoms with Gasteiger partial charge in [-0.1, -0.05) is 18.2 Å². The molecule has 6 nitrogen and oxygen atoms in total. The number of carbonyl (C=O) groups excluding carboxylic acids is 2. The van der Waals surface area contributed by atoms with Crippen LogP contribution < -0.4 is 15.4 Å². The molecule has 1 heterocycles. The molecule has 2 amide bonds. The Kier molecular flexibility index (Phi) is 5.58. The minimum atomic E-state index is -4.89. The van der Waals surface area contributed by atoms with Crippen LogP contribution in [0.4, 0.5) is 24.5 Å². The number of hydrogen-bond donors (Lipinski definition) is 2. The molecule has 0 bridgehead atoms. The van der Waals surface area contributed by atoms with E-state index in [1.165, 1.54) is 42.7 Å². The van der Waals surface area contributed by atoms with Gasteiger partial charge in [0.2, 0.25) is 0 Å². The highest BCUT2D eigenvalue weighted by atomic mass is 19.4. The normalized spacial score (nSPS) is 11.0. The van der Waals surface area contributed by atoms with Crippen LogP contribution in [0.25, 0.3) is 0 Å². The molecule has 0 atom stereocenters. The third-order valence-corrected chi connectivity index (χ3v) is 3.85. The Bertz CT molecular complexity index is 1030. The van der Waals surface area contributed by atoms with Gasteiger partial charge < -0.3 is 19.8 Å². The standard InChI is InChI=1S/C20H15F3N2O4/c1-12-8-9-13(11-15(12)25-19(27)17-7-4-10-28-17)18(26)24-14-5-2-3-6-16(14)29-20(21,22)23/h2-11H,1H3,(H,24,26)(H,25,27). The molecule has 3 aromatic rings. The summed E-state index contributed by atoms with van der Waals surface area (Å²) in [5.74, 6) is -1.61. The van der Waals surface area contributed by atoms with Crippen molar-refractivity contribution in [2.75, 3.05) is 10.6 Å². The average Bonchev–Trinajstić information content (AvgIpc) is 3.19. The maximum absolute atomic E-state index is 12.5. The monoisotopic (exact) mass is 404 g/mol. The van der Waals surface area contributed by atoms with Gasteiger partial charge in [-0.3, -0.25) is 9.59 Å². The van der Waals surface area contributed by atoms with Crippen molar-refractivity contribution in [3.8, 4) is 5.75 Å². The van der Waals surface area contributed by atoms with E-state index in [1.807, 2.05) is 0 Å². The Labute approximate surface area is 163 Å². The van der Waals surface area contributed by atoms with E-state index in [9.17, 15) is 22.8 Å². The second kappa shape index (κ2) is 8.09. The van der Waals surface area contributed by atoms with Crippen LogP contribution >= 0.6 is 0 Å². The lowest BCUT2D eigenvalue weighted by Gasteiger charge is -2.14. The highest BCUT2D eigenvalue weighted by Crippen LogP contribution is 2.30. The molecule has 1 aromatic heterocycles.